The van der Waals surface area contributed by atoms with Gasteiger partial charge in [0.05, 0.1) is 18.1 Å². The molecule has 2 rings (SSSR count). The zero-order valence-electron chi connectivity index (χ0n) is 9.98. The Bertz CT molecular complexity index is 305. The minimum absolute atomic E-state index is 0.399. The van der Waals surface area contributed by atoms with Crippen LogP contribution in [0.25, 0.3) is 0 Å². The molecule has 0 aliphatic carbocycles. The van der Waals surface area contributed by atoms with E-state index < -0.39 is 0 Å². The summed E-state index contributed by atoms with van der Waals surface area (Å²) in [5.41, 5.74) is 1.17. The zero-order valence-corrected chi connectivity index (χ0v) is 9.98. The Balaban J connectivity index is 1.77. The lowest BCUT2D eigenvalue weighted by molar-refractivity contribution is 0.0970. The van der Waals surface area contributed by atoms with Crippen molar-refractivity contribution in [2.75, 3.05) is 19.7 Å². The van der Waals surface area contributed by atoms with Crippen LogP contribution in [-0.4, -0.2) is 35.4 Å². The molecule has 1 aliphatic rings. The van der Waals surface area contributed by atoms with E-state index in [0.29, 0.717) is 6.10 Å². The minimum Gasteiger partial charge on any atom is -0.376 e. The monoisotopic (exact) mass is 223 g/mol. The predicted molar refractivity (Wildman–Crippen MR) is 63.4 cm³/mol. The van der Waals surface area contributed by atoms with Gasteiger partial charge in [0, 0.05) is 32.3 Å². The van der Waals surface area contributed by atoms with E-state index >= 15 is 0 Å². The Morgan fingerprint density at radius 1 is 1.62 bits per heavy atom. The van der Waals surface area contributed by atoms with Crippen molar-refractivity contribution in [3.63, 3.8) is 0 Å². The van der Waals surface area contributed by atoms with Crippen molar-refractivity contribution in [1.82, 2.24) is 14.9 Å². The summed E-state index contributed by atoms with van der Waals surface area (Å²) in [6, 6.07) is 0. The molecule has 1 unspecified atom stereocenters. The van der Waals surface area contributed by atoms with Crippen LogP contribution >= 0.6 is 0 Å². The van der Waals surface area contributed by atoms with Crippen LogP contribution < -0.4 is 5.32 Å². The fourth-order valence-corrected chi connectivity index (χ4v) is 2.05. The summed E-state index contributed by atoms with van der Waals surface area (Å²) in [6.45, 7) is 6.03. The molecule has 16 heavy (non-hydrogen) atoms. The fraction of sp³-hybridized carbons (Fsp3) is 0.750. The van der Waals surface area contributed by atoms with Gasteiger partial charge in [0.25, 0.3) is 0 Å². The van der Waals surface area contributed by atoms with Crippen molar-refractivity contribution < 1.29 is 4.74 Å². The molecule has 1 atom stereocenters. The molecule has 2 heterocycles. The topological polar surface area (TPSA) is 39.1 Å². The maximum atomic E-state index is 5.60. The number of likely N-dealkylation sites (N-methyl/N-ethyl adjacent to an activating group) is 1. The highest BCUT2D eigenvalue weighted by Gasteiger charge is 2.15. The van der Waals surface area contributed by atoms with Gasteiger partial charge in [-0.2, -0.15) is 0 Å². The van der Waals surface area contributed by atoms with Crippen LogP contribution in [0.4, 0.5) is 0 Å². The number of imidazole rings is 1. The van der Waals surface area contributed by atoms with E-state index in [1.807, 2.05) is 6.33 Å². The molecule has 0 radical (unpaired) electrons. The van der Waals surface area contributed by atoms with Crippen molar-refractivity contribution in [1.29, 1.82) is 0 Å². The van der Waals surface area contributed by atoms with E-state index in [-0.39, 0.29) is 0 Å². The first-order valence-electron chi connectivity index (χ1n) is 6.21. The van der Waals surface area contributed by atoms with Crippen molar-refractivity contribution >= 4 is 0 Å². The van der Waals surface area contributed by atoms with E-state index in [1.165, 1.54) is 18.5 Å². The summed E-state index contributed by atoms with van der Waals surface area (Å²) >= 11 is 0. The maximum Gasteiger partial charge on any atom is 0.0950 e. The summed E-state index contributed by atoms with van der Waals surface area (Å²) in [5.74, 6) is 0. The maximum absolute atomic E-state index is 5.60. The van der Waals surface area contributed by atoms with Gasteiger partial charge in [0.2, 0.25) is 0 Å². The van der Waals surface area contributed by atoms with Gasteiger partial charge >= 0.3 is 0 Å². The molecular formula is C12H21N3O. The summed E-state index contributed by atoms with van der Waals surface area (Å²) in [4.78, 5) is 4.40. The molecule has 1 aromatic rings. The van der Waals surface area contributed by atoms with Gasteiger partial charge in [-0.05, 0) is 19.4 Å². The second-order valence-electron chi connectivity index (χ2n) is 4.30. The number of nitrogens with zero attached hydrogens (tertiary/aromatic N) is 2. The Morgan fingerprint density at radius 2 is 2.56 bits per heavy atom. The lowest BCUT2D eigenvalue weighted by atomic mass is 10.2. The Morgan fingerprint density at radius 3 is 3.31 bits per heavy atom. The largest absolute Gasteiger partial charge is 0.376 e. The van der Waals surface area contributed by atoms with Crippen molar-refractivity contribution in [2.45, 2.75) is 38.8 Å². The first-order chi connectivity index (χ1) is 7.88. The third-order valence-electron chi connectivity index (χ3n) is 2.93. The van der Waals surface area contributed by atoms with Gasteiger partial charge < -0.3 is 14.6 Å². The summed E-state index contributed by atoms with van der Waals surface area (Å²) < 4.78 is 7.75. The zero-order chi connectivity index (χ0) is 11.2. The smallest absolute Gasteiger partial charge is 0.0950 e. The molecule has 0 saturated carbocycles. The summed E-state index contributed by atoms with van der Waals surface area (Å²) in [7, 11) is 0. The highest BCUT2D eigenvalue weighted by Crippen LogP contribution is 2.14. The molecule has 1 saturated heterocycles. The Kier molecular flexibility index (Phi) is 4.36. The van der Waals surface area contributed by atoms with Crippen molar-refractivity contribution in [2.24, 2.45) is 0 Å². The normalized spacial score (nSPS) is 20.4. The molecule has 1 fully saturated rings. The van der Waals surface area contributed by atoms with Gasteiger partial charge in [-0.15, -0.1) is 0 Å². The molecule has 4 heteroatoms. The summed E-state index contributed by atoms with van der Waals surface area (Å²) in [5, 5.41) is 3.31. The molecule has 1 N–H and O–H groups in total. The molecule has 4 nitrogen and oxygen atoms in total. The first kappa shape index (κ1) is 11.6. The van der Waals surface area contributed by atoms with Crippen molar-refractivity contribution in [3.05, 3.63) is 18.2 Å². The van der Waals surface area contributed by atoms with Crippen LogP contribution in [0.5, 0.6) is 0 Å². The molecule has 0 aromatic carbocycles. The molecule has 0 amide bonds. The standard InChI is InChI=1S/C12H21N3O/c1-2-13-6-5-11-8-15(10-14-11)9-12-4-3-7-16-12/h8,10,12-13H,2-7,9H2,1H3. The minimum atomic E-state index is 0.399. The number of nitrogens with one attached hydrogen (secondary N) is 1. The average molecular weight is 223 g/mol. The van der Waals surface area contributed by atoms with E-state index in [4.69, 9.17) is 4.74 Å². The molecular weight excluding hydrogens is 202 g/mol. The number of rotatable bonds is 6. The highest BCUT2D eigenvalue weighted by atomic mass is 16.5. The van der Waals surface area contributed by atoms with Crippen LogP contribution in [0.3, 0.4) is 0 Å². The third kappa shape index (κ3) is 3.32. The Labute approximate surface area is 97.0 Å². The quantitative estimate of drug-likeness (QED) is 0.737. The van der Waals surface area contributed by atoms with Crippen molar-refractivity contribution in [3.8, 4) is 0 Å². The highest BCUT2D eigenvalue weighted by molar-refractivity contribution is 4.97. The lowest BCUT2D eigenvalue weighted by Crippen LogP contribution is -2.16. The molecule has 0 spiro atoms. The van der Waals surface area contributed by atoms with Crippen LogP contribution in [-0.2, 0) is 17.7 Å². The Hall–Kier alpha value is -0.870. The SMILES string of the molecule is CCNCCc1cn(CC2CCCO2)cn1. The van der Waals surface area contributed by atoms with E-state index in [2.05, 4.69) is 28.0 Å². The molecule has 0 bridgehead atoms. The van der Waals surface area contributed by atoms with E-state index in [1.54, 1.807) is 0 Å². The third-order valence-corrected chi connectivity index (χ3v) is 2.93. The van der Waals surface area contributed by atoms with Gasteiger partial charge in [-0.25, -0.2) is 4.98 Å². The molecule has 90 valence electrons. The molecule has 1 aliphatic heterocycles. The average Bonchev–Trinajstić information content (AvgIpc) is 2.91. The molecule has 1 aromatic heterocycles. The van der Waals surface area contributed by atoms with Crippen LogP contribution in [0, 0.1) is 0 Å². The number of hydrogen-bond donors (Lipinski definition) is 1. The van der Waals surface area contributed by atoms with Gasteiger partial charge in [-0.3, -0.25) is 0 Å². The summed E-state index contributed by atoms with van der Waals surface area (Å²) in [6.07, 6.45) is 7.85. The van der Waals surface area contributed by atoms with Gasteiger partial charge in [0.15, 0.2) is 0 Å². The van der Waals surface area contributed by atoms with Crippen LogP contribution in [0.15, 0.2) is 12.5 Å². The van der Waals surface area contributed by atoms with E-state index in [0.717, 1.165) is 32.7 Å². The van der Waals surface area contributed by atoms with Crippen LogP contribution in [0.1, 0.15) is 25.5 Å². The fourth-order valence-electron chi connectivity index (χ4n) is 2.05. The van der Waals surface area contributed by atoms with E-state index in [9.17, 15) is 0 Å². The second kappa shape index (κ2) is 6.01. The van der Waals surface area contributed by atoms with Gasteiger partial charge in [0.1, 0.15) is 0 Å². The second-order valence-corrected chi connectivity index (χ2v) is 4.30. The van der Waals surface area contributed by atoms with Crippen LogP contribution in [0.2, 0.25) is 0 Å². The number of hydrogen-bond acceptors (Lipinski definition) is 3. The predicted octanol–water partition coefficient (Wildman–Crippen LogP) is 1.21. The first-order valence-corrected chi connectivity index (χ1v) is 6.21. The van der Waals surface area contributed by atoms with Gasteiger partial charge in [-0.1, -0.05) is 6.92 Å². The lowest BCUT2D eigenvalue weighted by Gasteiger charge is -2.08. The number of aromatic nitrogens is 2. The number of ether oxygens (including phenoxy) is 1.